The molecule has 0 fully saturated rings. The third-order valence-electron chi connectivity index (χ3n) is 4.61. The fourth-order valence-corrected chi connectivity index (χ4v) is 3.03. The van der Waals surface area contributed by atoms with Crippen LogP contribution in [-0.4, -0.2) is 22.8 Å². The number of carbonyl (C=O) groups is 3. The molecule has 0 aliphatic heterocycles. The van der Waals surface area contributed by atoms with Crippen molar-refractivity contribution in [3.63, 3.8) is 0 Å². The van der Waals surface area contributed by atoms with Crippen LogP contribution >= 0.6 is 0 Å². The molecule has 0 saturated heterocycles. The van der Waals surface area contributed by atoms with Crippen molar-refractivity contribution in [2.75, 3.05) is 10.6 Å². The molecule has 0 aliphatic carbocycles. The maximum absolute atomic E-state index is 12.9. The summed E-state index contributed by atoms with van der Waals surface area (Å²) in [6.07, 6.45) is 0. The zero-order valence-electron chi connectivity index (χ0n) is 17.2. The van der Waals surface area contributed by atoms with Crippen molar-refractivity contribution >= 4 is 29.1 Å². The van der Waals surface area contributed by atoms with Gasteiger partial charge in [0.2, 0.25) is 5.91 Å². The van der Waals surface area contributed by atoms with Crippen molar-refractivity contribution in [3.05, 3.63) is 89.5 Å². The van der Waals surface area contributed by atoms with Crippen LogP contribution in [0, 0.1) is 0 Å². The van der Waals surface area contributed by atoms with Crippen LogP contribution in [-0.2, 0) is 4.79 Å². The van der Waals surface area contributed by atoms with Gasteiger partial charge in [-0.25, -0.2) is 0 Å². The van der Waals surface area contributed by atoms with E-state index in [0.29, 0.717) is 11.3 Å². The number of aromatic hydroxyl groups is 1. The molecule has 3 rings (SSSR count). The van der Waals surface area contributed by atoms with Gasteiger partial charge in [0.05, 0.1) is 17.3 Å². The van der Waals surface area contributed by atoms with Gasteiger partial charge in [-0.05, 0) is 55.0 Å². The maximum atomic E-state index is 12.9. The molecule has 1 atom stereocenters. The predicted octanol–water partition coefficient (Wildman–Crippen LogP) is 4.09. The minimum atomic E-state index is -0.427. The molecule has 7 heteroatoms. The quantitative estimate of drug-likeness (QED) is 0.453. The highest BCUT2D eigenvalue weighted by molar-refractivity contribution is 6.09. The topological polar surface area (TPSA) is 108 Å². The van der Waals surface area contributed by atoms with E-state index in [0.717, 1.165) is 5.56 Å². The van der Waals surface area contributed by atoms with E-state index >= 15 is 0 Å². The lowest BCUT2D eigenvalue weighted by Crippen LogP contribution is -2.28. The first kappa shape index (κ1) is 21.6. The smallest absolute Gasteiger partial charge is 0.255 e. The number of nitrogens with one attached hydrogen (secondary N) is 3. The van der Waals surface area contributed by atoms with Gasteiger partial charge < -0.3 is 21.1 Å². The Balaban J connectivity index is 1.77. The van der Waals surface area contributed by atoms with Crippen LogP contribution < -0.4 is 16.0 Å². The lowest BCUT2D eigenvalue weighted by atomic mass is 10.1. The lowest BCUT2D eigenvalue weighted by Gasteiger charge is -2.17. The third-order valence-corrected chi connectivity index (χ3v) is 4.61. The Morgan fingerprint density at radius 3 is 2.16 bits per heavy atom. The molecule has 31 heavy (non-hydrogen) atoms. The molecule has 7 nitrogen and oxygen atoms in total. The molecule has 0 aliphatic rings. The first-order valence-electron chi connectivity index (χ1n) is 9.71. The molecule has 0 unspecified atom stereocenters. The summed E-state index contributed by atoms with van der Waals surface area (Å²) in [5.74, 6) is -1.15. The third kappa shape index (κ3) is 5.70. The highest BCUT2D eigenvalue weighted by atomic mass is 16.3. The first-order valence-corrected chi connectivity index (χ1v) is 9.71. The fourth-order valence-electron chi connectivity index (χ4n) is 3.03. The number of phenolic OH excluding ortho intramolecular Hbond substituents is 1. The number of benzene rings is 3. The number of rotatable bonds is 6. The zero-order chi connectivity index (χ0) is 22.4. The average Bonchev–Trinajstić information content (AvgIpc) is 2.75. The van der Waals surface area contributed by atoms with Gasteiger partial charge in [-0.2, -0.15) is 0 Å². The Kier molecular flexibility index (Phi) is 6.67. The molecule has 3 aromatic carbocycles. The molecule has 0 radical (unpaired) electrons. The molecule has 0 saturated carbocycles. The fraction of sp³-hybridized carbons (Fsp3) is 0.125. The van der Waals surface area contributed by atoms with E-state index in [-0.39, 0.29) is 28.9 Å². The monoisotopic (exact) mass is 417 g/mol. The van der Waals surface area contributed by atoms with Gasteiger partial charge in [-0.15, -0.1) is 0 Å². The lowest BCUT2D eigenvalue weighted by molar-refractivity contribution is -0.114. The van der Waals surface area contributed by atoms with Crippen molar-refractivity contribution in [3.8, 4) is 5.75 Å². The summed E-state index contributed by atoms with van der Waals surface area (Å²) in [5, 5.41) is 18.1. The SMILES string of the molecule is CC(=O)Nc1ccc(C(=O)Nc2ccc(O)cc2C(=O)N[C@@H](C)c2ccccc2)cc1. The second-order valence-electron chi connectivity index (χ2n) is 7.05. The molecular formula is C24H23N3O4. The Hall–Kier alpha value is -4.13. The van der Waals surface area contributed by atoms with Crippen LogP contribution in [0.4, 0.5) is 11.4 Å². The number of amides is 3. The molecule has 3 amide bonds. The normalized spacial score (nSPS) is 11.3. The predicted molar refractivity (Wildman–Crippen MR) is 119 cm³/mol. The van der Waals surface area contributed by atoms with Gasteiger partial charge >= 0.3 is 0 Å². The summed E-state index contributed by atoms with van der Waals surface area (Å²) in [6.45, 7) is 3.25. The van der Waals surface area contributed by atoms with Gasteiger partial charge in [0.1, 0.15) is 5.75 Å². The van der Waals surface area contributed by atoms with Gasteiger partial charge in [-0.3, -0.25) is 14.4 Å². The van der Waals surface area contributed by atoms with Gasteiger partial charge in [0, 0.05) is 18.2 Å². The summed E-state index contributed by atoms with van der Waals surface area (Å²) in [7, 11) is 0. The average molecular weight is 417 g/mol. The van der Waals surface area contributed by atoms with E-state index in [1.165, 1.54) is 25.1 Å². The number of hydrogen-bond acceptors (Lipinski definition) is 4. The Morgan fingerprint density at radius 1 is 0.839 bits per heavy atom. The van der Waals surface area contributed by atoms with Crippen LogP contribution in [0.1, 0.15) is 46.2 Å². The van der Waals surface area contributed by atoms with E-state index < -0.39 is 11.8 Å². The zero-order valence-corrected chi connectivity index (χ0v) is 17.2. The van der Waals surface area contributed by atoms with Crippen molar-refractivity contribution in [2.24, 2.45) is 0 Å². The van der Waals surface area contributed by atoms with Crippen LogP contribution in [0.15, 0.2) is 72.8 Å². The standard InChI is InChI=1S/C24H23N3O4/c1-15(17-6-4-3-5-7-17)25-24(31)21-14-20(29)12-13-22(21)27-23(30)18-8-10-19(11-9-18)26-16(2)28/h3-15,29H,1-2H3,(H,25,31)(H,26,28)(H,27,30)/t15-/m0/s1. The molecule has 4 N–H and O–H groups in total. The van der Waals surface area contributed by atoms with E-state index in [4.69, 9.17) is 0 Å². The highest BCUT2D eigenvalue weighted by Crippen LogP contribution is 2.23. The molecule has 0 bridgehead atoms. The number of phenols is 1. The number of carbonyl (C=O) groups excluding carboxylic acids is 3. The first-order chi connectivity index (χ1) is 14.8. The van der Waals surface area contributed by atoms with E-state index in [2.05, 4.69) is 16.0 Å². The Bertz CT molecular complexity index is 1100. The van der Waals surface area contributed by atoms with Crippen molar-refractivity contribution < 1.29 is 19.5 Å². The molecule has 0 spiro atoms. The Morgan fingerprint density at radius 2 is 1.52 bits per heavy atom. The minimum Gasteiger partial charge on any atom is -0.508 e. The second-order valence-corrected chi connectivity index (χ2v) is 7.05. The highest BCUT2D eigenvalue weighted by Gasteiger charge is 2.18. The molecule has 3 aromatic rings. The van der Waals surface area contributed by atoms with Crippen LogP contribution in [0.5, 0.6) is 5.75 Å². The largest absolute Gasteiger partial charge is 0.508 e. The van der Waals surface area contributed by atoms with Crippen molar-refractivity contribution in [2.45, 2.75) is 19.9 Å². The van der Waals surface area contributed by atoms with Crippen molar-refractivity contribution in [1.82, 2.24) is 5.32 Å². The number of hydrogen-bond donors (Lipinski definition) is 4. The van der Waals surface area contributed by atoms with E-state index in [1.807, 2.05) is 37.3 Å². The molecule has 158 valence electrons. The van der Waals surface area contributed by atoms with Crippen molar-refractivity contribution in [1.29, 1.82) is 0 Å². The van der Waals surface area contributed by atoms with E-state index in [1.54, 1.807) is 24.3 Å². The summed E-state index contributed by atoms with van der Waals surface area (Å²) in [5.41, 5.74) is 2.27. The summed E-state index contributed by atoms with van der Waals surface area (Å²) < 4.78 is 0. The maximum Gasteiger partial charge on any atom is 0.255 e. The number of anilines is 2. The van der Waals surface area contributed by atoms with Gasteiger partial charge in [-0.1, -0.05) is 30.3 Å². The molecule has 0 heterocycles. The second kappa shape index (κ2) is 9.58. The van der Waals surface area contributed by atoms with E-state index in [9.17, 15) is 19.5 Å². The van der Waals surface area contributed by atoms with Gasteiger partial charge in [0.15, 0.2) is 0 Å². The van der Waals surface area contributed by atoms with Crippen LogP contribution in [0.2, 0.25) is 0 Å². The minimum absolute atomic E-state index is 0.0878. The Labute approximate surface area is 180 Å². The molecule has 0 aromatic heterocycles. The van der Waals surface area contributed by atoms with Gasteiger partial charge in [0.25, 0.3) is 11.8 Å². The summed E-state index contributed by atoms with van der Waals surface area (Å²) >= 11 is 0. The summed E-state index contributed by atoms with van der Waals surface area (Å²) in [4.78, 5) is 36.6. The summed E-state index contributed by atoms with van der Waals surface area (Å²) in [6, 6.07) is 19.7. The van der Waals surface area contributed by atoms with Crippen LogP contribution in [0.3, 0.4) is 0 Å². The molecular weight excluding hydrogens is 394 g/mol. The van der Waals surface area contributed by atoms with Crippen LogP contribution in [0.25, 0.3) is 0 Å².